The first-order chi connectivity index (χ1) is 15.4. The van der Waals surface area contributed by atoms with Crippen LogP contribution in [0.4, 0.5) is 0 Å². The number of Topliss-reactive ketones (excluding diaryl/α,β-unsaturated/α-hetero) is 1. The number of carbonyl (C=O) groups excluding carboxylic acids is 1. The highest BCUT2D eigenvalue weighted by Gasteiger charge is 2.43. The van der Waals surface area contributed by atoms with Gasteiger partial charge in [0.25, 0.3) is 0 Å². The molecule has 1 aliphatic heterocycles. The molecule has 162 valence electrons. The van der Waals surface area contributed by atoms with Crippen LogP contribution in [-0.4, -0.2) is 15.3 Å². The Morgan fingerprint density at radius 1 is 1.09 bits per heavy atom. The van der Waals surface area contributed by atoms with Crippen LogP contribution in [0.15, 0.2) is 72.3 Å². The van der Waals surface area contributed by atoms with Gasteiger partial charge < -0.3 is 4.74 Å². The average molecular weight is 426 g/mol. The summed E-state index contributed by atoms with van der Waals surface area (Å²) in [5.74, 6) is 0.859. The Balaban J connectivity index is 1.72. The van der Waals surface area contributed by atoms with Crippen LogP contribution in [0.5, 0.6) is 5.88 Å². The standard InChI is InChI=1S/C27H27N3O2/c1-4-17-10-12-19(13-11-17)30-16-29-26-24(25(30)28)22(18-8-6-5-7-9-18)23-20(31)14-27(2,3)15-21(23)32-26/h5-13,16,22,28H,4,14-15H2,1-3H3. The third-order valence-corrected chi connectivity index (χ3v) is 6.45. The third-order valence-electron chi connectivity index (χ3n) is 6.45. The number of ether oxygens (including phenoxy) is 1. The Hall–Kier alpha value is -3.47. The van der Waals surface area contributed by atoms with E-state index in [1.165, 1.54) is 5.56 Å². The predicted octanol–water partition coefficient (Wildman–Crippen LogP) is 5.08. The first-order valence-corrected chi connectivity index (χ1v) is 11.1. The number of rotatable bonds is 3. The second kappa shape index (κ2) is 7.59. The topological polar surface area (TPSA) is 68.0 Å². The van der Waals surface area contributed by atoms with Gasteiger partial charge in [-0.3, -0.25) is 14.8 Å². The minimum atomic E-state index is -0.360. The second-order valence-corrected chi connectivity index (χ2v) is 9.43. The fourth-order valence-electron chi connectivity index (χ4n) is 4.83. The minimum absolute atomic E-state index is 0.0952. The maximum absolute atomic E-state index is 13.3. The molecular formula is C27H27N3O2. The molecule has 0 saturated heterocycles. The molecule has 2 aromatic carbocycles. The molecule has 32 heavy (non-hydrogen) atoms. The van der Waals surface area contributed by atoms with Gasteiger partial charge in [-0.05, 0) is 35.1 Å². The lowest BCUT2D eigenvalue weighted by Gasteiger charge is -2.37. The normalized spacial score (nSPS) is 19.2. The van der Waals surface area contributed by atoms with E-state index < -0.39 is 0 Å². The summed E-state index contributed by atoms with van der Waals surface area (Å²) in [6.45, 7) is 6.30. The van der Waals surface area contributed by atoms with Crippen molar-refractivity contribution in [3.63, 3.8) is 0 Å². The number of fused-ring (bicyclic) bond motifs is 1. The summed E-state index contributed by atoms with van der Waals surface area (Å²) >= 11 is 0. The number of ketones is 1. The summed E-state index contributed by atoms with van der Waals surface area (Å²) in [4.78, 5) is 18.0. The number of nitrogens with zero attached hydrogens (tertiary/aromatic N) is 2. The van der Waals surface area contributed by atoms with Crippen LogP contribution in [0, 0.1) is 10.8 Å². The molecule has 1 atom stereocenters. The van der Waals surface area contributed by atoms with Gasteiger partial charge in [0.05, 0.1) is 5.56 Å². The van der Waals surface area contributed by atoms with E-state index in [-0.39, 0.29) is 22.6 Å². The Kier molecular flexibility index (Phi) is 4.85. The van der Waals surface area contributed by atoms with Crippen LogP contribution >= 0.6 is 0 Å². The number of nitrogens with one attached hydrogen (secondary N) is 1. The zero-order valence-corrected chi connectivity index (χ0v) is 18.7. The highest BCUT2D eigenvalue weighted by atomic mass is 16.5. The number of hydrogen-bond donors (Lipinski definition) is 1. The van der Waals surface area contributed by atoms with E-state index in [0.717, 1.165) is 17.7 Å². The number of allylic oxidation sites excluding steroid dienone is 2. The lowest BCUT2D eigenvalue weighted by molar-refractivity contribution is -0.118. The van der Waals surface area contributed by atoms with Gasteiger partial charge in [-0.1, -0.05) is 63.2 Å². The van der Waals surface area contributed by atoms with Crippen LogP contribution in [0.2, 0.25) is 0 Å². The maximum atomic E-state index is 13.3. The molecule has 0 radical (unpaired) electrons. The highest BCUT2D eigenvalue weighted by Crippen LogP contribution is 2.48. The molecule has 1 aromatic heterocycles. The van der Waals surface area contributed by atoms with Crippen molar-refractivity contribution in [3.05, 3.63) is 94.4 Å². The molecule has 2 heterocycles. The number of benzene rings is 2. The van der Waals surface area contributed by atoms with Gasteiger partial charge in [0.2, 0.25) is 5.88 Å². The van der Waals surface area contributed by atoms with Gasteiger partial charge in [-0.15, -0.1) is 0 Å². The molecule has 0 amide bonds. The maximum Gasteiger partial charge on any atom is 0.228 e. The summed E-state index contributed by atoms with van der Waals surface area (Å²) in [6, 6.07) is 18.1. The molecule has 0 bridgehead atoms. The molecule has 1 N–H and O–H groups in total. The van der Waals surface area contributed by atoms with Crippen molar-refractivity contribution in [2.75, 3.05) is 0 Å². The second-order valence-electron chi connectivity index (χ2n) is 9.43. The zero-order chi connectivity index (χ0) is 22.5. The van der Waals surface area contributed by atoms with E-state index in [1.54, 1.807) is 10.9 Å². The summed E-state index contributed by atoms with van der Waals surface area (Å²) in [5.41, 5.74) is 4.54. The van der Waals surface area contributed by atoms with E-state index in [1.807, 2.05) is 42.5 Å². The van der Waals surface area contributed by atoms with Gasteiger partial charge in [-0.2, -0.15) is 0 Å². The highest BCUT2D eigenvalue weighted by molar-refractivity contribution is 6.00. The van der Waals surface area contributed by atoms with Crippen LogP contribution in [-0.2, 0) is 11.2 Å². The molecule has 1 aliphatic carbocycles. The quantitative estimate of drug-likeness (QED) is 0.636. The largest absolute Gasteiger partial charge is 0.442 e. The van der Waals surface area contributed by atoms with Crippen molar-refractivity contribution in [1.29, 1.82) is 5.41 Å². The van der Waals surface area contributed by atoms with Crippen LogP contribution in [0.3, 0.4) is 0 Å². The van der Waals surface area contributed by atoms with Crippen molar-refractivity contribution in [3.8, 4) is 11.6 Å². The van der Waals surface area contributed by atoms with Gasteiger partial charge in [0, 0.05) is 30.0 Å². The van der Waals surface area contributed by atoms with E-state index >= 15 is 0 Å². The molecule has 5 rings (SSSR count). The smallest absolute Gasteiger partial charge is 0.228 e. The van der Waals surface area contributed by atoms with Crippen LogP contribution < -0.4 is 10.2 Å². The molecule has 0 fully saturated rings. The number of hydrogen-bond acceptors (Lipinski definition) is 4. The van der Waals surface area contributed by atoms with E-state index in [4.69, 9.17) is 10.1 Å². The molecule has 5 nitrogen and oxygen atoms in total. The average Bonchev–Trinajstić information content (AvgIpc) is 2.78. The number of aryl methyl sites for hydroxylation is 1. The van der Waals surface area contributed by atoms with Crippen molar-refractivity contribution < 1.29 is 9.53 Å². The van der Waals surface area contributed by atoms with Crippen LogP contribution in [0.25, 0.3) is 5.69 Å². The van der Waals surface area contributed by atoms with Crippen molar-refractivity contribution in [2.24, 2.45) is 5.41 Å². The zero-order valence-electron chi connectivity index (χ0n) is 18.7. The molecule has 2 aliphatic rings. The minimum Gasteiger partial charge on any atom is -0.442 e. The molecule has 1 unspecified atom stereocenters. The van der Waals surface area contributed by atoms with Crippen LogP contribution in [0.1, 0.15) is 56.2 Å². The number of carbonyl (C=O) groups is 1. The Bertz CT molecular complexity index is 1280. The lowest BCUT2D eigenvalue weighted by atomic mass is 9.70. The monoisotopic (exact) mass is 425 g/mol. The van der Waals surface area contributed by atoms with Gasteiger partial charge >= 0.3 is 0 Å². The molecule has 5 heteroatoms. The first-order valence-electron chi connectivity index (χ1n) is 11.1. The third kappa shape index (κ3) is 3.38. The molecule has 3 aromatic rings. The van der Waals surface area contributed by atoms with E-state index in [0.29, 0.717) is 35.6 Å². The van der Waals surface area contributed by atoms with Gasteiger partial charge in [0.15, 0.2) is 5.78 Å². The Morgan fingerprint density at radius 2 is 1.81 bits per heavy atom. The summed E-state index contributed by atoms with van der Waals surface area (Å²) in [7, 11) is 0. The SMILES string of the molecule is CCc1ccc(-n2cnc3c(c2=N)C(c2ccccc2)C2=C(CC(C)(C)CC2=O)O3)cc1. The van der Waals surface area contributed by atoms with E-state index in [9.17, 15) is 4.79 Å². The Morgan fingerprint density at radius 3 is 2.50 bits per heavy atom. The summed E-state index contributed by atoms with van der Waals surface area (Å²) in [5, 5.41) is 9.10. The first kappa shape index (κ1) is 20.4. The fraction of sp³-hybridized carbons (Fsp3) is 0.296. The summed E-state index contributed by atoms with van der Waals surface area (Å²) < 4.78 is 7.98. The molecular weight excluding hydrogens is 398 g/mol. The van der Waals surface area contributed by atoms with Crippen molar-refractivity contribution >= 4 is 5.78 Å². The predicted molar refractivity (Wildman–Crippen MR) is 123 cm³/mol. The van der Waals surface area contributed by atoms with Crippen molar-refractivity contribution in [1.82, 2.24) is 9.55 Å². The van der Waals surface area contributed by atoms with E-state index in [2.05, 4.69) is 37.9 Å². The van der Waals surface area contributed by atoms with Gasteiger partial charge in [-0.25, -0.2) is 4.98 Å². The molecule has 0 spiro atoms. The van der Waals surface area contributed by atoms with Gasteiger partial charge in [0.1, 0.15) is 17.6 Å². The molecule has 0 saturated carbocycles. The summed E-state index contributed by atoms with van der Waals surface area (Å²) in [6.07, 6.45) is 3.76. The van der Waals surface area contributed by atoms with Crippen molar-refractivity contribution in [2.45, 2.75) is 46.0 Å². The lowest BCUT2D eigenvalue weighted by Crippen LogP contribution is -2.37. The fourth-order valence-corrected chi connectivity index (χ4v) is 4.83. The Labute approximate surface area is 187 Å². The number of aromatic nitrogens is 2.